The van der Waals surface area contributed by atoms with Crippen LogP contribution >= 0.6 is 39.1 Å². The molecule has 0 aliphatic carbocycles. The summed E-state index contributed by atoms with van der Waals surface area (Å²) >= 11 is 15.8. The van der Waals surface area contributed by atoms with Crippen LogP contribution in [0.15, 0.2) is 82.2 Å². The first-order valence-electron chi connectivity index (χ1n) is 12.4. The summed E-state index contributed by atoms with van der Waals surface area (Å²) in [5.74, 6) is -0.916. The van der Waals surface area contributed by atoms with Crippen LogP contribution in [-0.2, 0) is 26.2 Å². The normalized spacial score (nSPS) is 12.0. The molecule has 0 unspecified atom stereocenters. The van der Waals surface area contributed by atoms with Crippen molar-refractivity contribution in [3.8, 4) is 0 Å². The highest BCUT2D eigenvalue weighted by Gasteiger charge is 2.32. The Kier molecular flexibility index (Phi) is 11.2. The molecule has 0 aliphatic heterocycles. The predicted molar refractivity (Wildman–Crippen MR) is 160 cm³/mol. The lowest BCUT2D eigenvalue weighted by molar-refractivity contribution is -0.139. The first-order valence-corrected chi connectivity index (χ1v) is 15.4. The van der Waals surface area contributed by atoms with Crippen LogP contribution in [0, 0.1) is 0 Å². The van der Waals surface area contributed by atoms with E-state index in [0.29, 0.717) is 32.3 Å². The second-order valence-corrected chi connectivity index (χ2v) is 12.5. The quantitative estimate of drug-likeness (QED) is 0.233. The maximum absolute atomic E-state index is 13.9. The Morgan fingerprint density at radius 2 is 1.72 bits per heavy atom. The summed E-state index contributed by atoms with van der Waals surface area (Å²) in [6.45, 7) is 3.53. The van der Waals surface area contributed by atoms with Crippen molar-refractivity contribution < 1.29 is 18.0 Å². The third kappa shape index (κ3) is 8.20. The minimum absolute atomic E-state index is 0.0189. The highest BCUT2D eigenvalue weighted by Crippen LogP contribution is 2.28. The molecule has 2 amide bonds. The number of rotatable bonds is 12. The molecule has 3 rings (SSSR count). The maximum atomic E-state index is 13.9. The van der Waals surface area contributed by atoms with Gasteiger partial charge in [0.05, 0.1) is 10.6 Å². The first-order chi connectivity index (χ1) is 18.5. The fraction of sp³-hybridized carbons (Fsp3) is 0.286. The van der Waals surface area contributed by atoms with Crippen LogP contribution in [0.4, 0.5) is 5.69 Å². The van der Waals surface area contributed by atoms with E-state index in [1.807, 2.05) is 6.92 Å². The highest BCUT2D eigenvalue weighted by molar-refractivity contribution is 9.10. The lowest BCUT2D eigenvalue weighted by atomic mass is 10.1. The number of hydrogen-bond acceptors (Lipinski definition) is 4. The smallest absolute Gasteiger partial charge is 0.264 e. The average molecular weight is 655 g/mol. The molecule has 3 aromatic rings. The van der Waals surface area contributed by atoms with Gasteiger partial charge in [-0.2, -0.15) is 0 Å². The molecule has 0 radical (unpaired) electrons. The molecule has 0 spiro atoms. The number of nitrogens with zero attached hydrogens (tertiary/aromatic N) is 2. The summed E-state index contributed by atoms with van der Waals surface area (Å²) in [6.07, 6.45) is 1.69. The molecule has 0 aromatic heterocycles. The zero-order chi connectivity index (χ0) is 28.6. The Morgan fingerprint density at radius 3 is 2.36 bits per heavy atom. The second kappa shape index (κ2) is 14.2. The van der Waals surface area contributed by atoms with E-state index in [4.69, 9.17) is 23.2 Å². The molecule has 0 saturated carbocycles. The van der Waals surface area contributed by atoms with E-state index in [1.54, 1.807) is 67.6 Å². The molecule has 0 aliphatic rings. The number of benzene rings is 3. The molecule has 0 fully saturated rings. The summed E-state index contributed by atoms with van der Waals surface area (Å²) in [4.78, 5) is 28.3. The summed E-state index contributed by atoms with van der Waals surface area (Å²) in [5, 5.41) is 3.62. The van der Waals surface area contributed by atoms with Crippen molar-refractivity contribution in [2.24, 2.45) is 0 Å². The van der Waals surface area contributed by atoms with Crippen LogP contribution < -0.4 is 9.62 Å². The van der Waals surface area contributed by atoms with E-state index < -0.39 is 28.5 Å². The number of nitrogens with one attached hydrogen (secondary N) is 1. The minimum Gasteiger partial charge on any atom is -0.354 e. The van der Waals surface area contributed by atoms with Crippen molar-refractivity contribution in [2.45, 2.75) is 44.2 Å². The Hall–Kier alpha value is -2.59. The van der Waals surface area contributed by atoms with Gasteiger partial charge >= 0.3 is 0 Å². The standard InChI is InChI=1S/C28H30BrCl2N3O4S/c1-3-4-15-32-28(36)20(2)33(18-21-13-14-23(30)17-26(21)31)27(35)19-34(24-10-8-9-22(29)16-24)39(37,38)25-11-6-5-7-12-25/h5-14,16-17,20H,3-4,15,18-19H2,1-2H3,(H,32,36)/t20-/m1/s1. The van der Waals surface area contributed by atoms with Gasteiger partial charge in [-0.15, -0.1) is 0 Å². The van der Waals surface area contributed by atoms with E-state index in [1.165, 1.54) is 17.0 Å². The molecule has 208 valence electrons. The van der Waals surface area contributed by atoms with Crippen LogP contribution in [0.5, 0.6) is 0 Å². The Morgan fingerprint density at radius 1 is 1.00 bits per heavy atom. The molecule has 3 aromatic carbocycles. The number of sulfonamides is 1. The van der Waals surface area contributed by atoms with Crippen molar-refractivity contribution in [1.82, 2.24) is 10.2 Å². The van der Waals surface area contributed by atoms with Crippen LogP contribution in [0.2, 0.25) is 10.0 Å². The Balaban J connectivity index is 2.01. The van der Waals surface area contributed by atoms with Gasteiger partial charge in [0.25, 0.3) is 10.0 Å². The third-order valence-electron chi connectivity index (χ3n) is 6.06. The van der Waals surface area contributed by atoms with Crippen molar-refractivity contribution in [1.29, 1.82) is 0 Å². The molecule has 39 heavy (non-hydrogen) atoms. The number of anilines is 1. The van der Waals surface area contributed by atoms with E-state index in [-0.39, 0.29) is 17.3 Å². The number of halogens is 3. The van der Waals surface area contributed by atoms with Gasteiger partial charge in [0.2, 0.25) is 11.8 Å². The van der Waals surface area contributed by atoms with Gasteiger partial charge < -0.3 is 10.2 Å². The third-order valence-corrected chi connectivity index (χ3v) is 8.93. The monoisotopic (exact) mass is 653 g/mol. The number of carbonyl (C=O) groups is 2. The molecule has 0 bridgehead atoms. The minimum atomic E-state index is -4.13. The number of unbranched alkanes of at least 4 members (excludes halogenated alkanes) is 1. The Labute approximate surface area is 248 Å². The average Bonchev–Trinajstić information content (AvgIpc) is 2.91. The van der Waals surface area contributed by atoms with E-state index >= 15 is 0 Å². The van der Waals surface area contributed by atoms with Gasteiger partial charge in [-0.25, -0.2) is 8.42 Å². The van der Waals surface area contributed by atoms with E-state index in [9.17, 15) is 18.0 Å². The zero-order valence-electron chi connectivity index (χ0n) is 21.6. The molecular weight excluding hydrogens is 625 g/mol. The molecule has 11 heteroatoms. The van der Waals surface area contributed by atoms with Gasteiger partial charge in [0, 0.05) is 27.6 Å². The van der Waals surface area contributed by atoms with Crippen molar-refractivity contribution in [3.05, 3.63) is 92.9 Å². The zero-order valence-corrected chi connectivity index (χ0v) is 25.5. The van der Waals surface area contributed by atoms with Crippen LogP contribution in [0.1, 0.15) is 32.3 Å². The van der Waals surface area contributed by atoms with Crippen LogP contribution in [0.3, 0.4) is 0 Å². The topological polar surface area (TPSA) is 86.8 Å². The summed E-state index contributed by atoms with van der Waals surface area (Å²) < 4.78 is 29.2. The Bertz CT molecular complexity index is 1410. The molecule has 1 atom stereocenters. The lowest BCUT2D eigenvalue weighted by Gasteiger charge is -2.32. The summed E-state index contributed by atoms with van der Waals surface area (Å²) in [6, 6.07) is 18.5. The SMILES string of the molecule is CCCCNC(=O)[C@@H](C)N(Cc1ccc(Cl)cc1Cl)C(=O)CN(c1cccc(Br)c1)S(=O)(=O)c1ccccc1. The number of carbonyl (C=O) groups excluding carboxylic acids is 2. The van der Waals surface area contributed by atoms with E-state index in [2.05, 4.69) is 21.2 Å². The lowest BCUT2D eigenvalue weighted by Crippen LogP contribution is -2.51. The fourth-order valence-corrected chi connectivity index (χ4v) is 6.11. The van der Waals surface area contributed by atoms with Gasteiger partial charge in [-0.05, 0) is 61.4 Å². The van der Waals surface area contributed by atoms with Gasteiger partial charge in [-0.3, -0.25) is 13.9 Å². The highest BCUT2D eigenvalue weighted by atomic mass is 79.9. The fourth-order valence-electron chi connectivity index (χ4n) is 3.83. The van der Waals surface area contributed by atoms with Gasteiger partial charge in [0.15, 0.2) is 0 Å². The van der Waals surface area contributed by atoms with Gasteiger partial charge in [-0.1, -0.05) is 82.8 Å². The summed E-state index contributed by atoms with van der Waals surface area (Å²) in [5.41, 5.74) is 0.869. The second-order valence-electron chi connectivity index (χ2n) is 8.88. The first kappa shape index (κ1) is 30.9. The molecular formula is C28H30BrCl2N3O4S. The molecule has 7 nitrogen and oxygen atoms in total. The molecule has 1 N–H and O–H groups in total. The van der Waals surface area contributed by atoms with E-state index in [0.717, 1.165) is 17.1 Å². The number of amides is 2. The van der Waals surface area contributed by atoms with Crippen LogP contribution in [-0.4, -0.2) is 44.3 Å². The largest absolute Gasteiger partial charge is 0.354 e. The van der Waals surface area contributed by atoms with Crippen molar-refractivity contribution >= 4 is 66.7 Å². The summed E-state index contributed by atoms with van der Waals surface area (Å²) in [7, 11) is -4.13. The predicted octanol–water partition coefficient (Wildman–Crippen LogP) is 6.28. The van der Waals surface area contributed by atoms with Crippen molar-refractivity contribution in [2.75, 3.05) is 17.4 Å². The number of hydrogen-bond donors (Lipinski definition) is 1. The van der Waals surface area contributed by atoms with Crippen LogP contribution in [0.25, 0.3) is 0 Å². The van der Waals surface area contributed by atoms with Crippen molar-refractivity contribution in [3.63, 3.8) is 0 Å². The molecule has 0 saturated heterocycles. The van der Waals surface area contributed by atoms with Gasteiger partial charge in [0.1, 0.15) is 12.6 Å². The maximum Gasteiger partial charge on any atom is 0.264 e. The molecule has 0 heterocycles.